The molecule has 4 rings (SSSR count). The molecular weight excluding hydrogens is 318 g/mol. The topological polar surface area (TPSA) is 37.4 Å². The number of carbonyl (C=O) groups is 1. The van der Waals surface area contributed by atoms with Gasteiger partial charge < -0.3 is 4.90 Å². The van der Waals surface area contributed by atoms with E-state index >= 15 is 0 Å². The van der Waals surface area contributed by atoms with Gasteiger partial charge in [-0.1, -0.05) is 13.8 Å². The van der Waals surface area contributed by atoms with Crippen molar-refractivity contribution in [2.45, 2.75) is 46.0 Å². The van der Waals surface area contributed by atoms with Crippen LogP contribution >= 0.6 is 11.3 Å². The molecular formula is C20H23NO2S. The summed E-state index contributed by atoms with van der Waals surface area (Å²) in [6, 6.07) is 6.18. The van der Waals surface area contributed by atoms with Gasteiger partial charge in [-0.15, -0.1) is 11.3 Å². The van der Waals surface area contributed by atoms with Gasteiger partial charge in [-0.3, -0.25) is 9.59 Å². The molecule has 1 fully saturated rings. The van der Waals surface area contributed by atoms with Gasteiger partial charge in [0.15, 0.2) is 5.43 Å². The van der Waals surface area contributed by atoms with Crippen LogP contribution in [0.2, 0.25) is 0 Å². The highest BCUT2D eigenvalue weighted by molar-refractivity contribution is 7.18. The minimum atomic E-state index is 0.231. The Morgan fingerprint density at radius 2 is 1.83 bits per heavy atom. The van der Waals surface area contributed by atoms with Crippen LogP contribution < -0.4 is 10.3 Å². The molecule has 24 heavy (non-hydrogen) atoms. The lowest BCUT2D eigenvalue weighted by molar-refractivity contribution is -0.119. The Morgan fingerprint density at radius 3 is 2.58 bits per heavy atom. The van der Waals surface area contributed by atoms with Crippen LogP contribution in [-0.2, 0) is 17.6 Å². The Morgan fingerprint density at radius 1 is 1.08 bits per heavy atom. The summed E-state index contributed by atoms with van der Waals surface area (Å²) in [6.07, 6.45) is 4.26. The van der Waals surface area contributed by atoms with E-state index in [1.165, 1.54) is 4.88 Å². The van der Waals surface area contributed by atoms with Gasteiger partial charge in [0.2, 0.25) is 0 Å². The van der Waals surface area contributed by atoms with Crippen LogP contribution in [0.15, 0.2) is 23.0 Å². The third-order valence-corrected chi connectivity index (χ3v) is 6.63. The minimum Gasteiger partial charge on any atom is -0.371 e. The van der Waals surface area contributed by atoms with Crippen molar-refractivity contribution in [3.05, 3.63) is 38.9 Å². The second kappa shape index (κ2) is 5.69. The summed E-state index contributed by atoms with van der Waals surface area (Å²) in [6.45, 7) is 6.16. The van der Waals surface area contributed by atoms with Crippen molar-refractivity contribution in [2.24, 2.45) is 5.41 Å². The van der Waals surface area contributed by atoms with Crippen molar-refractivity contribution in [3.8, 4) is 0 Å². The fourth-order valence-electron chi connectivity index (χ4n) is 3.86. The number of hydrogen-bond acceptors (Lipinski definition) is 4. The number of benzene rings is 1. The third-order valence-electron chi connectivity index (χ3n) is 5.43. The Bertz CT molecular complexity index is 871. The third kappa shape index (κ3) is 2.77. The summed E-state index contributed by atoms with van der Waals surface area (Å²) in [5, 5.41) is 0.857. The summed E-state index contributed by atoms with van der Waals surface area (Å²) in [7, 11) is 0. The molecule has 0 saturated carbocycles. The van der Waals surface area contributed by atoms with Gasteiger partial charge in [0.1, 0.15) is 5.78 Å². The molecule has 0 unspecified atom stereocenters. The molecule has 1 aromatic heterocycles. The summed E-state index contributed by atoms with van der Waals surface area (Å²) in [5.41, 5.74) is 2.70. The molecule has 0 N–H and O–H groups in total. The molecule has 0 bridgehead atoms. The first kappa shape index (κ1) is 15.8. The lowest BCUT2D eigenvalue weighted by Crippen LogP contribution is -2.33. The average Bonchev–Trinajstić information content (AvgIpc) is 2.54. The summed E-state index contributed by atoms with van der Waals surface area (Å²) in [4.78, 5) is 27.9. The second-order valence-electron chi connectivity index (χ2n) is 7.88. The molecule has 1 aromatic carbocycles. The van der Waals surface area contributed by atoms with E-state index in [9.17, 15) is 9.59 Å². The largest absolute Gasteiger partial charge is 0.371 e. The number of Topliss-reactive ketones (excluding diaryl/α,β-unsaturated/α-hetero) is 1. The first-order valence-corrected chi connectivity index (χ1v) is 9.60. The predicted octanol–water partition coefficient (Wildman–Crippen LogP) is 3.95. The average molecular weight is 341 g/mol. The molecule has 1 saturated heterocycles. The van der Waals surface area contributed by atoms with Crippen LogP contribution in [0.5, 0.6) is 0 Å². The fourth-order valence-corrected chi connectivity index (χ4v) is 5.36. The monoisotopic (exact) mass is 341 g/mol. The van der Waals surface area contributed by atoms with Gasteiger partial charge in [-0.25, -0.2) is 0 Å². The number of fused-ring (bicyclic) bond motifs is 2. The number of ketones is 1. The van der Waals surface area contributed by atoms with Gasteiger partial charge in [0.25, 0.3) is 0 Å². The molecule has 1 aliphatic carbocycles. The van der Waals surface area contributed by atoms with Crippen LogP contribution in [0.3, 0.4) is 0 Å². The van der Waals surface area contributed by atoms with Crippen LogP contribution in [0.4, 0.5) is 5.69 Å². The molecule has 0 amide bonds. The number of nitrogens with zero attached hydrogens (tertiary/aromatic N) is 1. The zero-order valence-electron chi connectivity index (χ0n) is 14.4. The van der Waals surface area contributed by atoms with Crippen LogP contribution in [0.1, 0.15) is 43.6 Å². The smallest absolute Gasteiger partial charge is 0.191 e. The zero-order chi connectivity index (χ0) is 16.9. The predicted molar refractivity (Wildman–Crippen MR) is 100 cm³/mol. The summed E-state index contributed by atoms with van der Waals surface area (Å²) >= 11 is 1.79. The van der Waals surface area contributed by atoms with Crippen molar-refractivity contribution in [3.63, 3.8) is 0 Å². The molecule has 2 heterocycles. The molecule has 0 atom stereocenters. The maximum absolute atomic E-state index is 12.9. The highest BCUT2D eigenvalue weighted by Gasteiger charge is 2.28. The standard InChI is InChI=1S/C20H23NO2S/c1-20(2)8-5-16-18(12-20)24-17-11-13(3-4-15(17)19(16)23)21-9-6-14(22)7-10-21/h3-4,11H,5-10,12H2,1-2H3. The van der Waals surface area contributed by atoms with Crippen LogP contribution in [-0.4, -0.2) is 18.9 Å². The van der Waals surface area contributed by atoms with E-state index < -0.39 is 0 Å². The van der Waals surface area contributed by atoms with E-state index in [4.69, 9.17) is 0 Å². The molecule has 1 aliphatic heterocycles. The number of carbonyl (C=O) groups excluding carboxylic acids is 1. The van der Waals surface area contributed by atoms with Crippen molar-refractivity contribution >= 4 is 32.9 Å². The number of piperidine rings is 1. The van der Waals surface area contributed by atoms with Crippen molar-refractivity contribution in [1.82, 2.24) is 0 Å². The van der Waals surface area contributed by atoms with Gasteiger partial charge in [0, 0.05) is 52.1 Å². The quantitative estimate of drug-likeness (QED) is 0.788. The summed E-state index contributed by atoms with van der Waals surface area (Å²) in [5.74, 6) is 0.355. The van der Waals surface area contributed by atoms with E-state index in [0.29, 0.717) is 18.6 Å². The number of rotatable bonds is 1. The Balaban J connectivity index is 1.77. The van der Waals surface area contributed by atoms with Crippen molar-refractivity contribution in [1.29, 1.82) is 0 Å². The van der Waals surface area contributed by atoms with Crippen LogP contribution in [0.25, 0.3) is 10.1 Å². The van der Waals surface area contributed by atoms with Crippen LogP contribution in [0, 0.1) is 5.41 Å². The highest BCUT2D eigenvalue weighted by Crippen LogP contribution is 2.38. The lowest BCUT2D eigenvalue weighted by atomic mass is 9.77. The molecule has 0 spiro atoms. The van der Waals surface area contributed by atoms with Gasteiger partial charge in [-0.2, -0.15) is 0 Å². The second-order valence-corrected chi connectivity index (χ2v) is 9.02. The normalized spacial score (nSPS) is 20.2. The Hall–Kier alpha value is -1.68. The van der Waals surface area contributed by atoms with E-state index in [-0.39, 0.29) is 10.8 Å². The van der Waals surface area contributed by atoms with Crippen molar-refractivity contribution < 1.29 is 4.79 Å². The SMILES string of the molecule is CC1(C)CCc2c(sc3cc(N4CCC(=O)CC4)ccc3c2=O)C1. The molecule has 2 aliphatic rings. The highest BCUT2D eigenvalue weighted by atomic mass is 32.1. The van der Waals surface area contributed by atoms with E-state index in [2.05, 4.69) is 24.8 Å². The maximum Gasteiger partial charge on any atom is 0.191 e. The first-order valence-electron chi connectivity index (χ1n) is 8.78. The molecule has 2 aromatic rings. The fraction of sp³-hybridized carbons (Fsp3) is 0.500. The lowest BCUT2D eigenvalue weighted by Gasteiger charge is -2.31. The minimum absolute atomic E-state index is 0.231. The van der Waals surface area contributed by atoms with Gasteiger partial charge >= 0.3 is 0 Å². The Kier molecular flexibility index (Phi) is 3.75. The molecule has 0 radical (unpaired) electrons. The zero-order valence-corrected chi connectivity index (χ0v) is 15.2. The maximum atomic E-state index is 12.9. The molecule has 3 nitrogen and oxygen atoms in total. The number of hydrogen-bond donors (Lipinski definition) is 0. The van der Waals surface area contributed by atoms with Gasteiger partial charge in [0.05, 0.1) is 0 Å². The van der Waals surface area contributed by atoms with E-state index in [1.807, 2.05) is 12.1 Å². The summed E-state index contributed by atoms with van der Waals surface area (Å²) < 4.78 is 1.09. The molecule has 126 valence electrons. The molecule has 4 heteroatoms. The Labute approximate surface area is 146 Å². The van der Waals surface area contributed by atoms with E-state index in [1.54, 1.807) is 11.3 Å². The van der Waals surface area contributed by atoms with E-state index in [0.717, 1.165) is 53.7 Å². The first-order chi connectivity index (χ1) is 11.4. The van der Waals surface area contributed by atoms with Crippen molar-refractivity contribution in [2.75, 3.05) is 18.0 Å². The van der Waals surface area contributed by atoms with Gasteiger partial charge in [-0.05, 0) is 42.9 Å². The number of anilines is 1.